The Morgan fingerprint density at radius 1 is 1.26 bits per heavy atom. The molecule has 6 heteroatoms. The van der Waals surface area contributed by atoms with Crippen LogP contribution in [-0.4, -0.2) is 23.9 Å². The molecular weight excluding hydrogens is 305 g/mol. The molecule has 1 aromatic carbocycles. The minimum atomic E-state index is -4.38. The van der Waals surface area contributed by atoms with E-state index in [1.807, 2.05) is 0 Å². The number of Topliss-reactive ketones (excluding diaryl/α,β-unsaturated/α-hetero) is 1. The summed E-state index contributed by atoms with van der Waals surface area (Å²) in [6.45, 7) is 1.51. The zero-order valence-electron chi connectivity index (χ0n) is 12.8. The molecule has 1 N–H and O–H groups in total. The summed E-state index contributed by atoms with van der Waals surface area (Å²) in [6.07, 6.45) is -2.30. The largest absolute Gasteiger partial charge is 0.416 e. The smallest absolute Gasteiger partial charge is 0.310 e. The van der Waals surface area contributed by atoms with E-state index in [1.54, 1.807) is 31.4 Å². The van der Waals surface area contributed by atoms with Gasteiger partial charge in [-0.15, -0.1) is 0 Å². The van der Waals surface area contributed by atoms with E-state index in [-0.39, 0.29) is 11.8 Å². The highest BCUT2D eigenvalue weighted by atomic mass is 19.4. The summed E-state index contributed by atoms with van der Waals surface area (Å²) in [7, 11) is 1.70. The van der Waals surface area contributed by atoms with Gasteiger partial charge in [-0.3, -0.25) is 9.78 Å². The van der Waals surface area contributed by atoms with Crippen molar-refractivity contribution in [1.82, 2.24) is 10.3 Å². The fourth-order valence-electron chi connectivity index (χ4n) is 2.26. The van der Waals surface area contributed by atoms with Gasteiger partial charge in [0.15, 0.2) is 0 Å². The number of hydrogen-bond acceptors (Lipinski definition) is 3. The number of likely N-dealkylation sites (N-methyl/N-ethyl adjacent to an activating group) is 1. The molecule has 0 saturated carbocycles. The van der Waals surface area contributed by atoms with Gasteiger partial charge in [0, 0.05) is 11.8 Å². The molecule has 0 radical (unpaired) electrons. The molecule has 122 valence electrons. The normalized spacial score (nSPS) is 12.9. The number of hydrogen-bond donors (Lipinski definition) is 1. The topological polar surface area (TPSA) is 42.0 Å². The van der Waals surface area contributed by atoms with Gasteiger partial charge in [-0.1, -0.05) is 18.2 Å². The Labute approximate surface area is 132 Å². The lowest BCUT2D eigenvalue weighted by atomic mass is 10.0. The fraction of sp³-hybridized carbons (Fsp3) is 0.294. The zero-order valence-corrected chi connectivity index (χ0v) is 12.8. The maximum Gasteiger partial charge on any atom is 0.416 e. The summed E-state index contributed by atoms with van der Waals surface area (Å²) in [4.78, 5) is 15.6. The number of rotatable bonds is 5. The first-order valence-corrected chi connectivity index (χ1v) is 7.11. The average Bonchev–Trinajstić information content (AvgIpc) is 2.52. The number of ketones is 1. The van der Waals surface area contributed by atoms with Crippen molar-refractivity contribution in [3.63, 3.8) is 0 Å². The average molecular weight is 322 g/mol. The third kappa shape index (κ3) is 4.39. The predicted molar refractivity (Wildman–Crippen MR) is 81.9 cm³/mol. The molecule has 0 aliphatic rings. The van der Waals surface area contributed by atoms with Crippen LogP contribution in [0, 0.1) is 0 Å². The fourth-order valence-corrected chi connectivity index (χ4v) is 2.26. The van der Waals surface area contributed by atoms with Crippen LogP contribution in [0.1, 0.15) is 18.1 Å². The van der Waals surface area contributed by atoms with Crippen molar-refractivity contribution in [2.24, 2.45) is 0 Å². The zero-order chi connectivity index (χ0) is 17.0. The maximum absolute atomic E-state index is 12.7. The monoisotopic (exact) mass is 322 g/mol. The second-order valence-electron chi connectivity index (χ2n) is 5.29. The molecule has 0 bridgehead atoms. The molecule has 0 spiro atoms. The highest BCUT2D eigenvalue weighted by Crippen LogP contribution is 2.31. The third-order valence-electron chi connectivity index (χ3n) is 3.59. The number of nitrogens with one attached hydrogen (secondary N) is 1. The van der Waals surface area contributed by atoms with Crippen LogP contribution < -0.4 is 5.32 Å². The molecule has 0 amide bonds. The molecule has 0 saturated heterocycles. The van der Waals surface area contributed by atoms with Gasteiger partial charge >= 0.3 is 6.18 Å². The Morgan fingerprint density at radius 2 is 2.00 bits per heavy atom. The van der Waals surface area contributed by atoms with E-state index >= 15 is 0 Å². The number of halogens is 3. The first-order valence-electron chi connectivity index (χ1n) is 7.11. The standard InChI is InChI=1S/C17H17F3N2O/c1-11(23)16(21-2)8-12-6-7-15(22-10-12)13-4-3-5-14(9-13)17(18,19)20/h3-7,9-10,16,21H,8H2,1-2H3/t16-/m0/s1. The molecule has 2 aromatic rings. The van der Waals surface area contributed by atoms with Crippen molar-refractivity contribution in [3.8, 4) is 11.3 Å². The van der Waals surface area contributed by atoms with Crippen LogP contribution in [0.2, 0.25) is 0 Å². The van der Waals surface area contributed by atoms with Gasteiger partial charge in [0.2, 0.25) is 0 Å². The van der Waals surface area contributed by atoms with E-state index in [2.05, 4.69) is 10.3 Å². The SMILES string of the molecule is CN[C@@H](Cc1ccc(-c2cccc(C(F)(F)F)c2)nc1)C(C)=O. The van der Waals surface area contributed by atoms with Crippen LogP contribution in [0.15, 0.2) is 42.6 Å². The van der Waals surface area contributed by atoms with E-state index in [9.17, 15) is 18.0 Å². The van der Waals surface area contributed by atoms with Gasteiger partial charge in [0.1, 0.15) is 5.78 Å². The second kappa shape index (κ2) is 6.91. The number of aromatic nitrogens is 1. The van der Waals surface area contributed by atoms with Crippen molar-refractivity contribution in [2.75, 3.05) is 7.05 Å². The summed E-state index contributed by atoms with van der Waals surface area (Å²) >= 11 is 0. The van der Waals surface area contributed by atoms with Gasteiger partial charge in [-0.2, -0.15) is 13.2 Å². The van der Waals surface area contributed by atoms with E-state index in [0.717, 1.165) is 17.7 Å². The molecule has 0 fully saturated rings. The first-order chi connectivity index (χ1) is 10.8. The van der Waals surface area contributed by atoms with Crippen molar-refractivity contribution in [3.05, 3.63) is 53.7 Å². The molecular formula is C17H17F3N2O. The lowest BCUT2D eigenvalue weighted by molar-refractivity contribution is -0.137. The van der Waals surface area contributed by atoms with Gasteiger partial charge in [-0.05, 0) is 44.2 Å². The van der Waals surface area contributed by atoms with E-state index in [1.165, 1.54) is 13.0 Å². The van der Waals surface area contributed by atoms with Crippen molar-refractivity contribution >= 4 is 5.78 Å². The second-order valence-corrected chi connectivity index (χ2v) is 5.29. The Morgan fingerprint density at radius 3 is 2.52 bits per heavy atom. The predicted octanol–water partition coefficient (Wildman–Crippen LogP) is 3.49. The van der Waals surface area contributed by atoms with Crippen molar-refractivity contribution < 1.29 is 18.0 Å². The van der Waals surface area contributed by atoms with Crippen LogP contribution in [0.25, 0.3) is 11.3 Å². The molecule has 3 nitrogen and oxygen atoms in total. The van der Waals surface area contributed by atoms with Crippen LogP contribution in [0.3, 0.4) is 0 Å². The molecule has 23 heavy (non-hydrogen) atoms. The molecule has 1 atom stereocenters. The minimum absolute atomic E-state index is 0.0226. The molecule has 0 aliphatic heterocycles. The van der Waals surface area contributed by atoms with Gasteiger partial charge in [0.05, 0.1) is 17.3 Å². The lowest BCUT2D eigenvalue weighted by Crippen LogP contribution is -2.34. The third-order valence-corrected chi connectivity index (χ3v) is 3.59. The molecule has 1 aromatic heterocycles. The molecule has 0 unspecified atom stereocenters. The molecule has 1 heterocycles. The van der Waals surface area contributed by atoms with Crippen LogP contribution in [0.5, 0.6) is 0 Å². The summed E-state index contributed by atoms with van der Waals surface area (Å²) in [6, 6.07) is 8.20. The number of nitrogens with zero attached hydrogens (tertiary/aromatic N) is 1. The number of pyridine rings is 1. The highest BCUT2D eigenvalue weighted by molar-refractivity contribution is 5.81. The summed E-state index contributed by atoms with van der Waals surface area (Å²) in [5, 5.41) is 2.92. The van der Waals surface area contributed by atoms with Crippen molar-refractivity contribution in [2.45, 2.75) is 25.6 Å². The summed E-state index contributed by atoms with van der Waals surface area (Å²) in [5.41, 5.74) is 1.01. The van der Waals surface area contributed by atoms with E-state index in [4.69, 9.17) is 0 Å². The van der Waals surface area contributed by atoms with Gasteiger partial charge < -0.3 is 5.32 Å². The van der Waals surface area contributed by atoms with E-state index in [0.29, 0.717) is 17.7 Å². The van der Waals surface area contributed by atoms with Crippen LogP contribution in [-0.2, 0) is 17.4 Å². The summed E-state index contributed by atoms with van der Waals surface area (Å²) in [5.74, 6) is 0.0226. The number of carbonyl (C=O) groups excluding carboxylic acids is 1. The number of carbonyl (C=O) groups is 1. The van der Waals surface area contributed by atoms with Gasteiger partial charge in [-0.25, -0.2) is 0 Å². The maximum atomic E-state index is 12.7. The number of alkyl halides is 3. The minimum Gasteiger partial charge on any atom is -0.310 e. The van der Waals surface area contributed by atoms with Crippen LogP contribution >= 0.6 is 0 Å². The van der Waals surface area contributed by atoms with E-state index < -0.39 is 11.7 Å². The first kappa shape index (κ1) is 17.1. The Bertz CT molecular complexity index is 681. The van der Waals surface area contributed by atoms with Crippen molar-refractivity contribution in [1.29, 1.82) is 0 Å². The molecule has 0 aliphatic carbocycles. The highest BCUT2D eigenvalue weighted by Gasteiger charge is 2.30. The van der Waals surface area contributed by atoms with Crippen LogP contribution in [0.4, 0.5) is 13.2 Å². The Balaban J connectivity index is 2.21. The Hall–Kier alpha value is -2.21. The quantitative estimate of drug-likeness (QED) is 0.916. The Kier molecular flexibility index (Phi) is 5.15. The molecule has 2 rings (SSSR count). The number of benzene rings is 1. The lowest BCUT2D eigenvalue weighted by Gasteiger charge is -2.13. The summed E-state index contributed by atoms with van der Waals surface area (Å²) < 4.78 is 38.2. The van der Waals surface area contributed by atoms with Gasteiger partial charge in [0.25, 0.3) is 0 Å².